The fraction of sp³-hybridized carbons (Fsp3) is 0.600. The Kier molecular flexibility index (Phi) is 5.00. The summed E-state index contributed by atoms with van der Waals surface area (Å²) in [6.07, 6.45) is 5.31. The van der Waals surface area contributed by atoms with Crippen molar-refractivity contribution in [1.82, 2.24) is 10.8 Å². The highest BCUT2D eigenvalue weighted by Crippen LogP contribution is 2.36. The summed E-state index contributed by atoms with van der Waals surface area (Å²) in [5.41, 5.74) is 1.35. The zero-order valence-corrected chi connectivity index (χ0v) is 13.3. The average molecular weight is 310 g/mol. The minimum absolute atomic E-state index is 0.0938. The topological polar surface area (TPSA) is 78.4 Å². The summed E-state index contributed by atoms with van der Waals surface area (Å²) in [6.45, 7) is 3.95. The lowest BCUT2D eigenvalue weighted by molar-refractivity contribution is -0.132. The molecule has 3 N–H and O–H groups in total. The first-order valence-electron chi connectivity index (χ1n) is 7.31. The minimum atomic E-state index is -0.524. The quantitative estimate of drug-likeness (QED) is 0.591. The Bertz CT molecular complexity index is 521. The van der Waals surface area contributed by atoms with Gasteiger partial charge in [-0.3, -0.25) is 14.8 Å². The van der Waals surface area contributed by atoms with E-state index >= 15 is 0 Å². The van der Waals surface area contributed by atoms with Crippen LogP contribution in [0.25, 0.3) is 0 Å². The number of rotatable bonds is 4. The summed E-state index contributed by atoms with van der Waals surface area (Å²) in [5, 5.41) is 11.7. The van der Waals surface area contributed by atoms with E-state index in [4.69, 9.17) is 5.21 Å². The Balaban J connectivity index is 2.00. The van der Waals surface area contributed by atoms with Crippen molar-refractivity contribution in [2.75, 3.05) is 0 Å². The van der Waals surface area contributed by atoms with Gasteiger partial charge in [0.25, 0.3) is 5.91 Å². The van der Waals surface area contributed by atoms with Crippen molar-refractivity contribution in [3.8, 4) is 0 Å². The predicted octanol–water partition coefficient (Wildman–Crippen LogP) is 3.01. The molecule has 0 saturated heterocycles. The molecular weight excluding hydrogens is 288 g/mol. The van der Waals surface area contributed by atoms with E-state index < -0.39 is 5.91 Å². The molecule has 1 saturated carbocycles. The van der Waals surface area contributed by atoms with Gasteiger partial charge in [-0.2, -0.15) is 0 Å². The Morgan fingerprint density at radius 3 is 2.57 bits per heavy atom. The number of amides is 2. The summed E-state index contributed by atoms with van der Waals surface area (Å²) in [6, 6.07) is 3.32. The van der Waals surface area contributed by atoms with E-state index in [2.05, 4.69) is 5.32 Å². The zero-order chi connectivity index (χ0) is 15.5. The number of carbonyl (C=O) groups is 2. The van der Waals surface area contributed by atoms with Crippen LogP contribution in [-0.4, -0.2) is 17.0 Å². The van der Waals surface area contributed by atoms with Gasteiger partial charge in [-0.25, -0.2) is 5.48 Å². The van der Waals surface area contributed by atoms with Gasteiger partial charge >= 0.3 is 0 Å². The minimum Gasteiger partial charge on any atom is -0.348 e. The van der Waals surface area contributed by atoms with E-state index in [0.29, 0.717) is 4.88 Å². The summed E-state index contributed by atoms with van der Waals surface area (Å²) < 4.78 is 0. The summed E-state index contributed by atoms with van der Waals surface area (Å²) in [5.74, 6) is -0.430. The lowest BCUT2D eigenvalue weighted by Gasteiger charge is -2.33. The number of nitrogens with one attached hydrogen (secondary N) is 2. The third-order valence-corrected chi connectivity index (χ3v) is 5.50. The lowest BCUT2D eigenvalue weighted by atomic mass is 9.75. The standard InChI is InChI=1S/C15H22N2O3S/c1-10(11-6-7-12(21-11)13(18)17-20)16-14(19)15(2)8-4-3-5-9-15/h6-7,10,20H,3-5,8-9H2,1-2H3,(H,16,19)(H,17,18). The molecule has 1 aliphatic rings. The molecule has 2 amide bonds. The molecule has 0 radical (unpaired) electrons. The third kappa shape index (κ3) is 3.63. The summed E-state index contributed by atoms with van der Waals surface area (Å²) >= 11 is 1.27. The van der Waals surface area contributed by atoms with Crippen LogP contribution in [-0.2, 0) is 4.79 Å². The molecular formula is C15H22N2O3S. The number of hydrogen-bond donors (Lipinski definition) is 3. The Morgan fingerprint density at radius 1 is 1.29 bits per heavy atom. The maximum absolute atomic E-state index is 12.5. The molecule has 1 unspecified atom stereocenters. The molecule has 1 aliphatic carbocycles. The smallest absolute Gasteiger partial charge is 0.284 e. The number of carbonyl (C=O) groups excluding carboxylic acids is 2. The van der Waals surface area contributed by atoms with E-state index in [9.17, 15) is 9.59 Å². The second kappa shape index (κ2) is 6.58. The molecule has 2 rings (SSSR count). The highest BCUT2D eigenvalue weighted by Gasteiger charge is 2.35. The molecule has 116 valence electrons. The Morgan fingerprint density at radius 2 is 1.95 bits per heavy atom. The van der Waals surface area contributed by atoms with Crippen LogP contribution in [0.3, 0.4) is 0 Å². The van der Waals surface area contributed by atoms with Gasteiger partial charge in [0.1, 0.15) is 0 Å². The maximum atomic E-state index is 12.5. The van der Waals surface area contributed by atoms with Crippen LogP contribution in [0.15, 0.2) is 12.1 Å². The number of thiophene rings is 1. The van der Waals surface area contributed by atoms with Crippen molar-refractivity contribution in [2.24, 2.45) is 5.41 Å². The van der Waals surface area contributed by atoms with E-state index in [1.54, 1.807) is 11.5 Å². The monoisotopic (exact) mass is 310 g/mol. The lowest BCUT2D eigenvalue weighted by Crippen LogP contribution is -2.41. The van der Waals surface area contributed by atoms with E-state index in [1.807, 2.05) is 19.9 Å². The first kappa shape index (κ1) is 16.0. The molecule has 5 nitrogen and oxygen atoms in total. The molecule has 1 aromatic rings. The normalized spacial score (nSPS) is 18.8. The van der Waals surface area contributed by atoms with Crippen LogP contribution in [0.5, 0.6) is 0 Å². The Labute approximate surface area is 128 Å². The molecule has 1 heterocycles. The zero-order valence-electron chi connectivity index (χ0n) is 12.4. The van der Waals surface area contributed by atoms with Gasteiger partial charge in [0.2, 0.25) is 5.91 Å². The first-order valence-corrected chi connectivity index (χ1v) is 8.13. The second-order valence-corrected chi connectivity index (χ2v) is 7.07. The maximum Gasteiger partial charge on any atom is 0.284 e. The van der Waals surface area contributed by atoms with Gasteiger partial charge in [0.15, 0.2) is 0 Å². The van der Waals surface area contributed by atoms with Crippen molar-refractivity contribution in [2.45, 2.75) is 52.0 Å². The van der Waals surface area contributed by atoms with Crippen LogP contribution in [0.1, 0.15) is 66.5 Å². The molecule has 0 aromatic carbocycles. The molecule has 6 heteroatoms. The molecule has 0 bridgehead atoms. The van der Waals surface area contributed by atoms with Gasteiger partial charge in [0.05, 0.1) is 10.9 Å². The number of hydrogen-bond acceptors (Lipinski definition) is 4. The average Bonchev–Trinajstić information content (AvgIpc) is 2.97. The molecule has 0 spiro atoms. The summed E-state index contributed by atoms with van der Waals surface area (Å²) in [4.78, 5) is 25.1. The van der Waals surface area contributed by atoms with Crippen molar-refractivity contribution in [3.05, 3.63) is 21.9 Å². The first-order chi connectivity index (χ1) is 9.96. The molecule has 1 atom stereocenters. The molecule has 1 aromatic heterocycles. The van der Waals surface area contributed by atoms with E-state index in [0.717, 1.165) is 30.6 Å². The fourth-order valence-electron chi connectivity index (χ4n) is 2.76. The molecule has 1 fully saturated rings. The van der Waals surface area contributed by atoms with Gasteiger partial charge in [-0.1, -0.05) is 26.2 Å². The number of hydroxylamine groups is 1. The fourth-order valence-corrected chi connectivity index (χ4v) is 3.66. The van der Waals surface area contributed by atoms with Crippen LogP contribution in [0.4, 0.5) is 0 Å². The highest BCUT2D eigenvalue weighted by atomic mass is 32.1. The van der Waals surface area contributed by atoms with E-state index in [-0.39, 0.29) is 17.4 Å². The van der Waals surface area contributed by atoms with Crippen molar-refractivity contribution >= 4 is 23.2 Å². The Hall–Kier alpha value is -1.40. The largest absolute Gasteiger partial charge is 0.348 e. The van der Waals surface area contributed by atoms with Crippen molar-refractivity contribution in [3.63, 3.8) is 0 Å². The van der Waals surface area contributed by atoms with Crippen LogP contribution >= 0.6 is 11.3 Å². The van der Waals surface area contributed by atoms with Gasteiger partial charge in [-0.05, 0) is 31.9 Å². The van der Waals surface area contributed by atoms with Gasteiger partial charge in [0, 0.05) is 10.3 Å². The van der Waals surface area contributed by atoms with Crippen LogP contribution in [0, 0.1) is 5.41 Å². The second-order valence-electron chi connectivity index (χ2n) is 5.96. The summed E-state index contributed by atoms with van der Waals surface area (Å²) in [7, 11) is 0. The van der Waals surface area contributed by atoms with Gasteiger partial charge in [-0.15, -0.1) is 11.3 Å². The van der Waals surface area contributed by atoms with Gasteiger partial charge < -0.3 is 5.32 Å². The highest BCUT2D eigenvalue weighted by molar-refractivity contribution is 7.14. The molecule has 0 aliphatic heterocycles. The molecule has 21 heavy (non-hydrogen) atoms. The van der Waals surface area contributed by atoms with Crippen molar-refractivity contribution < 1.29 is 14.8 Å². The van der Waals surface area contributed by atoms with Crippen molar-refractivity contribution in [1.29, 1.82) is 0 Å². The van der Waals surface area contributed by atoms with Crippen LogP contribution in [0.2, 0.25) is 0 Å². The SMILES string of the molecule is CC(NC(=O)C1(C)CCCCC1)c1ccc(C(=O)NO)s1. The third-order valence-electron chi connectivity index (χ3n) is 4.23. The van der Waals surface area contributed by atoms with Crippen LogP contribution < -0.4 is 10.8 Å². The van der Waals surface area contributed by atoms with E-state index in [1.165, 1.54) is 17.8 Å². The predicted molar refractivity (Wildman–Crippen MR) is 81.3 cm³/mol.